The summed E-state index contributed by atoms with van der Waals surface area (Å²) < 4.78 is 0.851. The fourth-order valence-electron chi connectivity index (χ4n) is 0.641. The smallest absolute Gasteiger partial charge is 0.339 e. The molecule has 4 nitrogen and oxygen atoms in total. The first kappa shape index (κ1) is 9.96. The van der Waals surface area contributed by atoms with Gasteiger partial charge in [-0.15, -0.1) is 0 Å². The van der Waals surface area contributed by atoms with Crippen molar-refractivity contribution >= 4 is 51.2 Å². The predicted octanol–water partition coefficient (Wildman–Crippen LogP) is 1.69. The summed E-state index contributed by atoms with van der Waals surface area (Å²) in [7, 11) is 0. The van der Waals surface area contributed by atoms with E-state index < -0.39 is 5.97 Å². The molecule has 0 amide bonds. The number of carbonyl (C=O) groups is 1. The van der Waals surface area contributed by atoms with Crippen molar-refractivity contribution in [2.75, 3.05) is 0 Å². The average Bonchev–Trinajstić information content (AvgIpc) is 1.96. The van der Waals surface area contributed by atoms with E-state index in [4.69, 9.17) is 5.11 Å². The van der Waals surface area contributed by atoms with E-state index in [2.05, 4.69) is 4.98 Å². The molecule has 2 N–H and O–H groups in total. The molecule has 1 heterocycles. The molecule has 0 unspecified atom stereocenters. The number of carboxylic acid groups (broad SMARTS) is 1. The normalized spacial score (nSPS) is 9.83. The van der Waals surface area contributed by atoms with Gasteiger partial charge in [0.25, 0.3) is 0 Å². The fourth-order valence-corrected chi connectivity index (χ4v) is 2.21. The lowest BCUT2D eigenvalue weighted by Gasteiger charge is -2.01. The van der Waals surface area contributed by atoms with Gasteiger partial charge in [0, 0.05) is 0 Å². The molecule has 12 heavy (non-hydrogen) atoms. The van der Waals surface area contributed by atoms with Crippen LogP contribution in [0.5, 0.6) is 5.75 Å². The Morgan fingerprint density at radius 1 is 1.50 bits per heavy atom. The zero-order valence-corrected chi connectivity index (χ0v) is 9.90. The third kappa shape index (κ3) is 1.97. The summed E-state index contributed by atoms with van der Waals surface area (Å²) in [5, 5.41) is 17.9. The van der Waals surface area contributed by atoms with Crippen LogP contribution in [0.1, 0.15) is 10.4 Å². The van der Waals surface area contributed by atoms with Crippen molar-refractivity contribution < 1.29 is 15.0 Å². The third-order valence-corrected chi connectivity index (χ3v) is 2.45. The van der Waals surface area contributed by atoms with Crippen molar-refractivity contribution in [3.05, 3.63) is 19.0 Å². The number of hydrogen-bond donors (Lipinski definition) is 2. The molecule has 0 atom stereocenters. The molecule has 0 aliphatic rings. The second-order valence-corrected chi connectivity index (χ2v) is 4.06. The Labute approximate surface area is 95.3 Å². The number of aromatic carboxylic acids is 1. The Morgan fingerprint density at radius 2 is 2.08 bits per heavy atom. The van der Waals surface area contributed by atoms with Gasteiger partial charge in [0.15, 0.2) is 5.75 Å². The Bertz CT molecular complexity index is 340. The number of pyridine rings is 1. The average molecular weight is 391 g/mol. The highest BCUT2D eigenvalue weighted by Crippen LogP contribution is 2.23. The molecule has 0 saturated carbocycles. The van der Waals surface area contributed by atoms with Gasteiger partial charge in [-0.05, 0) is 51.2 Å². The van der Waals surface area contributed by atoms with Crippen LogP contribution in [0.15, 0.2) is 6.07 Å². The molecule has 6 heteroatoms. The van der Waals surface area contributed by atoms with Crippen molar-refractivity contribution in [3.8, 4) is 5.75 Å². The summed E-state index contributed by atoms with van der Waals surface area (Å²) in [6, 6.07) is 1.32. The van der Waals surface area contributed by atoms with Crippen LogP contribution in [-0.4, -0.2) is 21.2 Å². The second kappa shape index (κ2) is 3.73. The van der Waals surface area contributed by atoms with Crippen LogP contribution in [0.4, 0.5) is 0 Å². The Morgan fingerprint density at radius 3 is 2.58 bits per heavy atom. The van der Waals surface area contributed by atoms with E-state index in [1.165, 1.54) is 6.07 Å². The lowest BCUT2D eigenvalue weighted by atomic mass is 10.2. The summed E-state index contributed by atoms with van der Waals surface area (Å²) in [4.78, 5) is 14.4. The molecule has 64 valence electrons. The van der Waals surface area contributed by atoms with Crippen molar-refractivity contribution in [3.63, 3.8) is 0 Å². The van der Waals surface area contributed by atoms with Gasteiger partial charge in [-0.3, -0.25) is 0 Å². The Kier molecular flexibility index (Phi) is 3.09. The number of rotatable bonds is 1. The summed E-state index contributed by atoms with van der Waals surface area (Å²) in [5.74, 6) is -1.42. The minimum absolute atomic E-state index is 0.112. The first-order valence-electron chi connectivity index (χ1n) is 2.80. The van der Waals surface area contributed by atoms with E-state index in [0.29, 0.717) is 7.40 Å². The molecule has 0 aliphatic heterocycles. The van der Waals surface area contributed by atoms with E-state index >= 15 is 0 Å². The van der Waals surface area contributed by atoms with E-state index in [-0.39, 0.29) is 11.3 Å². The maximum atomic E-state index is 10.5. The van der Waals surface area contributed by atoms with Crippen LogP contribution >= 0.6 is 45.2 Å². The van der Waals surface area contributed by atoms with Crippen LogP contribution in [0, 0.1) is 7.40 Å². The molecule has 0 saturated heterocycles. The standard InChI is InChI=1S/C6H3I2NO3/c7-3-1-2(6(11)12)4(10)5(8)9-3/h1,10H,(H,11,12). The molecular weight excluding hydrogens is 388 g/mol. The van der Waals surface area contributed by atoms with Crippen LogP contribution in [0.25, 0.3) is 0 Å². The molecule has 0 fully saturated rings. The highest BCUT2D eigenvalue weighted by Gasteiger charge is 2.14. The lowest BCUT2D eigenvalue weighted by molar-refractivity contribution is 0.0693. The number of aromatic hydroxyl groups is 1. The molecule has 0 aliphatic carbocycles. The lowest BCUT2D eigenvalue weighted by Crippen LogP contribution is -2.00. The highest BCUT2D eigenvalue weighted by molar-refractivity contribution is 14.1. The molecule has 1 aromatic heterocycles. The van der Waals surface area contributed by atoms with Gasteiger partial charge in [0.1, 0.15) is 13.0 Å². The quantitative estimate of drug-likeness (QED) is 0.565. The second-order valence-electron chi connectivity index (χ2n) is 1.94. The number of nitrogens with zero attached hydrogens (tertiary/aromatic N) is 1. The van der Waals surface area contributed by atoms with Crippen LogP contribution < -0.4 is 0 Å². The maximum absolute atomic E-state index is 10.5. The topological polar surface area (TPSA) is 70.4 Å². The van der Waals surface area contributed by atoms with E-state index in [9.17, 15) is 9.90 Å². The van der Waals surface area contributed by atoms with Gasteiger partial charge in [-0.2, -0.15) is 0 Å². The molecule has 1 rings (SSSR count). The summed E-state index contributed by atoms with van der Waals surface area (Å²) in [5.41, 5.74) is -0.112. The maximum Gasteiger partial charge on any atom is 0.339 e. The van der Waals surface area contributed by atoms with Gasteiger partial charge in [-0.25, -0.2) is 9.78 Å². The number of halogens is 2. The minimum Gasteiger partial charge on any atom is -0.504 e. The predicted molar refractivity (Wildman–Crippen MR) is 58.3 cm³/mol. The van der Waals surface area contributed by atoms with Crippen molar-refractivity contribution in [1.82, 2.24) is 4.98 Å². The minimum atomic E-state index is -1.15. The third-order valence-electron chi connectivity index (χ3n) is 1.15. The molecule has 0 aromatic carbocycles. The monoisotopic (exact) mass is 391 g/mol. The number of hydrogen-bond acceptors (Lipinski definition) is 3. The summed E-state index contributed by atoms with van der Waals surface area (Å²) in [6.45, 7) is 0. The van der Waals surface area contributed by atoms with Crippen LogP contribution in [0.3, 0.4) is 0 Å². The Balaban J connectivity index is 3.37. The molecule has 0 bridgehead atoms. The van der Waals surface area contributed by atoms with Crippen LogP contribution in [-0.2, 0) is 0 Å². The van der Waals surface area contributed by atoms with Crippen molar-refractivity contribution in [1.29, 1.82) is 0 Å². The first-order valence-corrected chi connectivity index (χ1v) is 4.96. The first-order chi connectivity index (χ1) is 5.52. The fraction of sp³-hybridized carbons (Fsp3) is 0. The zero-order valence-electron chi connectivity index (χ0n) is 5.58. The van der Waals surface area contributed by atoms with Crippen LogP contribution in [0.2, 0.25) is 0 Å². The van der Waals surface area contributed by atoms with Gasteiger partial charge in [0.05, 0.1) is 0 Å². The Hall–Kier alpha value is -0.120. The number of carboxylic acids is 1. The van der Waals surface area contributed by atoms with Crippen molar-refractivity contribution in [2.24, 2.45) is 0 Å². The summed E-state index contributed by atoms with van der Waals surface area (Å²) >= 11 is 3.67. The van der Waals surface area contributed by atoms with Gasteiger partial charge < -0.3 is 10.2 Å². The molecular formula is C6H3I2NO3. The van der Waals surface area contributed by atoms with E-state index in [1.807, 2.05) is 22.6 Å². The molecule has 0 spiro atoms. The zero-order chi connectivity index (χ0) is 9.30. The van der Waals surface area contributed by atoms with E-state index in [0.717, 1.165) is 0 Å². The van der Waals surface area contributed by atoms with Gasteiger partial charge >= 0.3 is 5.97 Å². The van der Waals surface area contributed by atoms with Gasteiger partial charge in [-0.1, -0.05) is 0 Å². The van der Waals surface area contributed by atoms with Crippen molar-refractivity contribution in [2.45, 2.75) is 0 Å². The summed E-state index contributed by atoms with van der Waals surface area (Å²) in [6.07, 6.45) is 0. The molecule has 1 aromatic rings. The van der Waals surface area contributed by atoms with Gasteiger partial charge in [0.2, 0.25) is 0 Å². The largest absolute Gasteiger partial charge is 0.504 e. The SMILES string of the molecule is O=C(O)c1cc(I)nc(I)c1O. The molecule has 0 radical (unpaired) electrons. The van der Waals surface area contributed by atoms with E-state index in [1.54, 1.807) is 22.6 Å². The highest BCUT2D eigenvalue weighted by atomic mass is 127. The number of aromatic nitrogens is 1.